The van der Waals surface area contributed by atoms with Gasteiger partial charge >= 0.3 is 0 Å². The van der Waals surface area contributed by atoms with Gasteiger partial charge in [0.2, 0.25) is 0 Å². The minimum Gasteiger partial charge on any atom is -0.396 e. The van der Waals surface area contributed by atoms with E-state index in [9.17, 15) is 15.3 Å². The molecule has 0 amide bonds. The summed E-state index contributed by atoms with van der Waals surface area (Å²) in [6.45, 7) is 9.69. The van der Waals surface area contributed by atoms with E-state index in [-0.39, 0.29) is 35.6 Å². The highest BCUT2D eigenvalue weighted by molar-refractivity contribution is 5.12. The summed E-state index contributed by atoms with van der Waals surface area (Å²) >= 11 is 0. The molecule has 0 saturated heterocycles. The van der Waals surface area contributed by atoms with Gasteiger partial charge < -0.3 is 20.1 Å². The second kappa shape index (κ2) is 8.76. The minimum absolute atomic E-state index is 0.0916. The van der Waals surface area contributed by atoms with Crippen molar-refractivity contribution in [1.29, 1.82) is 0 Å². The molecule has 4 heteroatoms. The molecule has 29 heavy (non-hydrogen) atoms. The molecule has 0 bridgehead atoms. The van der Waals surface area contributed by atoms with Crippen LogP contribution in [0.5, 0.6) is 0 Å². The standard InChI is InChI=1S/C25H46O4/c1-17(27)8-11-23(2)10-6-7-18-19(23)9-12-25(4)20(18)15-21(28)22(25)24(3,16-26)13-14-29-5/h17-22,26-28H,6-16H2,1-5H3/t17?,18-,19?,20?,21?,22?,23-,24?,25-/m0/s1. The summed E-state index contributed by atoms with van der Waals surface area (Å²) < 4.78 is 5.35. The van der Waals surface area contributed by atoms with Crippen LogP contribution in [0.3, 0.4) is 0 Å². The third-order valence-corrected chi connectivity index (χ3v) is 9.77. The average molecular weight is 411 g/mol. The predicted molar refractivity (Wildman–Crippen MR) is 116 cm³/mol. The Balaban J connectivity index is 1.85. The van der Waals surface area contributed by atoms with Gasteiger partial charge in [0, 0.05) is 20.3 Å². The lowest BCUT2D eigenvalue weighted by Gasteiger charge is -2.58. The Kier molecular flexibility index (Phi) is 7.10. The van der Waals surface area contributed by atoms with Crippen molar-refractivity contribution in [2.24, 2.45) is 39.9 Å². The van der Waals surface area contributed by atoms with Gasteiger partial charge in [0.05, 0.1) is 12.2 Å². The first-order valence-corrected chi connectivity index (χ1v) is 12.1. The van der Waals surface area contributed by atoms with E-state index in [1.54, 1.807) is 7.11 Å². The van der Waals surface area contributed by atoms with Crippen LogP contribution in [0.4, 0.5) is 0 Å². The largest absolute Gasteiger partial charge is 0.396 e. The van der Waals surface area contributed by atoms with Gasteiger partial charge in [0.25, 0.3) is 0 Å². The van der Waals surface area contributed by atoms with Crippen molar-refractivity contribution in [1.82, 2.24) is 0 Å². The molecule has 0 aromatic heterocycles. The normalized spacial score (nSPS) is 45.3. The van der Waals surface area contributed by atoms with Crippen LogP contribution in [0.2, 0.25) is 0 Å². The van der Waals surface area contributed by atoms with Gasteiger partial charge in [-0.2, -0.15) is 0 Å². The number of methoxy groups -OCH3 is 1. The summed E-state index contributed by atoms with van der Waals surface area (Å²) in [6.07, 6.45) is 9.34. The van der Waals surface area contributed by atoms with Gasteiger partial charge in [-0.1, -0.05) is 27.2 Å². The Morgan fingerprint density at radius 2 is 1.90 bits per heavy atom. The number of fused-ring (bicyclic) bond motifs is 3. The predicted octanol–water partition coefficient (Wildman–Crippen LogP) is 4.40. The van der Waals surface area contributed by atoms with Crippen LogP contribution in [0.15, 0.2) is 0 Å². The monoisotopic (exact) mass is 410 g/mol. The average Bonchev–Trinajstić information content (AvgIpc) is 2.96. The molecule has 170 valence electrons. The first kappa shape index (κ1) is 23.5. The van der Waals surface area contributed by atoms with E-state index in [1.807, 2.05) is 6.92 Å². The molecular weight excluding hydrogens is 364 g/mol. The fraction of sp³-hybridized carbons (Fsp3) is 1.00. The number of rotatable bonds is 8. The lowest BCUT2D eigenvalue weighted by molar-refractivity contribution is -0.110. The Labute approximate surface area is 178 Å². The second-order valence-corrected chi connectivity index (χ2v) is 11.7. The molecule has 0 heterocycles. The second-order valence-electron chi connectivity index (χ2n) is 11.7. The smallest absolute Gasteiger partial charge is 0.0582 e. The molecule has 3 N–H and O–H groups in total. The molecule has 9 atom stereocenters. The molecule has 3 aliphatic rings. The van der Waals surface area contributed by atoms with Crippen LogP contribution in [-0.2, 0) is 4.74 Å². The molecule has 3 aliphatic carbocycles. The van der Waals surface area contributed by atoms with Crippen LogP contribution in [-0.4, -0.2) is 47.9 Å². The number of hydrogen-bond donors (Lipinski definition) is 3. The van der Waals surface area contributed by atoms with Gasteiger partial charge in [-0.25, -0.2) is 0 Å². The molecule has 4 nitrogen and oxygen atoms in total. The molecule has 0 spiro atoms. The van der Waals surface area contributed by atoms with E-state index in [2.05, 4.69) is 20.8 Å². The van der Waals surface area contributed by atoms with Gasteiger partial charge in [-0.15, -0.1) is 0 Å². The van der Waals surface area contributed by atoms with Crippen LogP contribution in [0, 0.1) is 39.9 Å². The summed E-state index contributed by atoms with van der Waals surface area (Å²) in [5, 5.41) is 31.5. The van der Waals surface area contributed by atoms with Crippen molar-refractivity contribution < 1.29 is 20.1 Å². The zero-order valence-corrected chi connectivity index (χ0v) is 19.5. The number of ether oxygens (including phenoxy) is 1. The topological polar surface area (TPSA) is 69.9 Å². The SMILES string of the molecule is COCCC(C)(CO)C1C(O)CC2[C@H]3CCC[C@@](C)(CCC(C)O)C3CC[C@@]21C. The molecular formula is C25H46O4. The molecule has 0 aromatic rings. The van der Waals surface area contributed by atoms with Crippen molar-refractivity contribution in [3.8, 4) is 0 Å². The maximum atomic E-state index is 11.3. The van der Waals surface area contributed by atoms with Crippen molar-refractivity contribution >= 4 is 0 Å². The van der Waals surface area contributed by atoms with Crippen LogP contribution in [0.25, 0.3) is 0 Å². The van der Waals surface area contributed by atoms with Crippen molar-refractivity contribution in [3.05, 3.63) is 0 Å². The number of aliphatic hydroxyl groups excluding tert-OH is 3. The fourth-order valence-corrected chi connectivity index (χ4v) is 8.27. The molecule has 0 aromatic carbocycles. The highest BCUT2D eigenvalue weighted by atomic mass is 16.5. The molecule has 0 aliphatic heterocycles. The first-order valence-electron chi connectivity index (χ1n) is 12.1. The van der Waals surface area contributed by atoms with E-state index >= 15 is 0 Å². The maximum Gasteiger partial charge on any atom is 0.0582 e. The van der Waals surface area contributed by atoms with Gasteiger partial charge in [-0.05, 0) is 98.2 Å². The molecule has 3 rings (SSSR count). The molecule has 6 unspecified atom stereocenters. The van der Waals surface area contributed by atoms with Gasteiger partial charge in [-0.3, -0.25) is 0 Å². The number of hydrogen-bond acceptors (Lipinski definition) is 4. The zero-order chi connectivity index (χ0) is 21.4. The molecule has 3 fully saturated rings. The minimum atomic E-state index is -0.330. The van der Waals surface area contributed by atoms with Crippen LogP contribution < -0.4 is 0 Å². The van der Waals surface area contributed by atoms with Crippen LogP contribution in [0.1, 0.15) is 85.5 Å². The Morgan fingerprint density at radius 3 is 2.52 bits per heavy atom. The zero-order valence-electron chi connectivity index (χ0n) is 19.5. The summed E-state index contributed by atoms with van der Waals surface area (Å²) in [5.41, 5.74) is 0.116. The van der Waals surface area contributed by atoms with Crippen molar-refractivity contribution in [3.63, 3.8) is 0 Å². The lowest BCUT2D eigenvalue weighted by Crippen LogP contribution is -2.52. The Morgan fingerprint density at radius 1 is 1.17 bits per heavy atom. The van der Waals surface area contributed by atoms with E-state index in [0.29, 0.717) is 29.8 Å². The first-order chi connectivity index (χ1) is 13.6. The Hall–Kier alpha value is -0.160. The van der Waals surface area contributed by atoms with E-state index < -0.39 is 0 Å². The maximum absolute atomic E-state index is 11.3. The third kappa shape index (κ3) is 4.16. The number of aliphatic hydroxyl groups is 3. The quantitative estimate of drug-likeness (QED) is 0.555. The third-order valence-electron chi connectivity index (χ3n) is 9.77. The van der Waals surface area contributed by atoms with Crippen molar-refractivity contribution in [2.45, 2.75) is 97.7 Å². The van der Waals surface area contributed by atoms with Crippen molar-refractivity contribution in [2.75, 3.05) is 20.3 Å². The van der Waals surface area contributed by atoms with Gasteiger partial charge in [0.15, 0.2) is 0 Å². The lowest BCUT2D eigenvalue weighted by atomic mass is 9.47. The fourth-order valence-electron chi connectivity index (χ4n) is 8.27. The van der Waals surface area contributed by atoms with E-state index in [4.69, 9.17) is 4.74 Å². The van der Waals surface area contributed by atoms with Crippen LogP contribution >= 0.6 is 0 Å². The van der Waals surface area contributed by atoms with Gasteiger partial charge in [0.1, 0.15) is 0 Å². The highest BCUT2D eigenvalue weighted by Crippen LogP contribution is 2.68. The van der Waals surface area contributed by atoms with E-state index in [1.165, 1.54) is 25.7 Å². The summed E-state index contributed by atoms with van der Waals surface area (Å²) in [6, 6.07) is 0. The highest BCUT2D eigenvalue weighted by Gasteiger charge is 2.63. The molecule has 3 saturated carbocycles. The van der Waals surface area contributed by atoms with E-state index in [0.717, 1.165) is 32.1 Å². The summed E-state index contributed by atoms with van der Waals surface area (Å²) in [5.74, 6) is 2.05. The summed E-state index contributed by atoms with van der Waals surface area (Å²) in [7, 11) is 1.72. The summed E-state index contributed by atoms with van der Waals surface area (Å²) in [4.78, 5) is 0. The Bertz CT molecular complexity index is 551. The molecule has 0 radical (unpaired) electrons.